The van der Waals surface area contributed by atoms with Gasteiger partial charge in [-0.2, -0.15) is 5.10 Å². The van der Waals surface area contributed by atoms with E-state index in [4.69, 9.17) is 11.6 Å². The number of carbonyl (C=O) groups is 1. The number of aromatic nitrogens is 2. The number of nitrogens with one attached hydrogen (secondary N) is 1. The molecule has 126 valence electrons. The van der Waals surface area contributed by atoms with Crippen LogP contribution in [0.3, 0.4) is 0 Å². The fourth-order valence-corrected chi connectivity index (χ4v) is 3.39. The molecule has 0 radical (unpaired) electrons. The van der Waals surface area contributed by atoms with E-state index in [1.165, 1.54) is 0 Å². The average Bonchev–Trinajstić information content (AvgIpc) is 3.27. The van der Waals surface area contributed by atoms with E-state index in [1.807, 2.05) is 65.5 Å². The van der Waals surface area contributed by atoms with Gasteiger partial charge in [-0.3, -0.25) is 4.79 Å². The largest absolute Gasteiger partial charge is 0.351 e. The average molecular weight is 352 g/mol. The second-order valence-corrected chi connectivity index (χ2v) is 6.79. The first-order chi connectivity index (χ1) is 12.2. The standard InChI is InChI=1S/C20H18ClN3O/c21-17-7-3-6-16(13-17)20(9-10-20)19(25)22-14-15-5-1-2-8-18(15)24-12-4-11-23-24/h1-8,11-13H,9-10,14H2,(H,22,25). The summed E-state index contributed by atoms with van der Waals surface area (Å²) >= 11 is 6.09. The highest BCUT2D eigenvalue weighted by atomic mass is 35.5. The third-order valence-corrected chi connectivity index (χ3v) is 4.98. The van der Waals surface area contributed by atoms with Crippen LogP contribution in [0.1, 0.15) is 24.0 Å². The van der Waals surface area contributed by atoms with Gasteiger partial charge >= 0.3 is 0 Å². The van der Waals surface area contributed by atoms with Gasteiger partial charge in [-0.05, 0) is 48.2 Å². The molecule has 1 amide bonds. The lowest BCUT2D eigenvalue weighted by Gasteiger charge is -2.17. The molecular weight excluding hydrogens is 334 g/mol. The van der Waals surface area contributed by atoms with Gasteiger partial charge in [0.2, 0.25) is 5.91 Å². The predicted molar refractivity (Wildman–Crippen MR) is 97.8 cm³/mol. The van der Waals surface area contributed by atoms with Gasteiger partial charge in [0, 0.05) is 24.0 Å². The molecule has 0 atom stereocenters. The second-order valence-electron chi connectivity index (χ2n) is 6.35. The summed E-state index contributed by atoms with van der Waals surface area (Å²) in [7, 11) is 0. The summed E-state index contributed by atoms with van der Waals surface area (Å²) in [4.78, 5) is 12.8. The van der Waals surface area contributed by atoms with Crippen LogP contribution in [0.25, 0.3) is 5.69 Å². The van der Waals surface area contributed by atoms with Crippen LogP contribution in [0.4, 0.5) is 0 Å². The molecule has 2 aromatic carbocycles. The first kappa shape index (κ1) is 15.9. The Kier molecular flexibility index (Phi) is 4.06. The first-order valence-electron chi connectivity index (χ1n) is 8.31. The molecule has 0 aliphatic heterocycles. The van der Waals surface area contributed by atoms with Crippen molar-refractivity contribution in [2.45, 2.75) is 24.8 Å². The van der Waals surface area contributed by atoms with E-state index in [9.17, 15) is 4.79 Å². The van der Waals surface area contributed by atoms with E-state index in [0.717, 1.165) is 29.7 Å². The molecular formula is C20H18ClN3O. The summed E-state index contributed by atoms with van der Waals surface area (Å²) in [6, 6.07) is 17.4. The molecule has 0 spiro atoms. The van der Waals surface area contributed by atoms with E-state index >= 15 is 0 Å². The SMILES string of the molecule is O=C(NCc1ccccc1-n1cccn1)C1(c2cccc(Cl)c2)CC1. The quantitative estimate of drug-likeness (QED) is 0.758. The van der Waals surface area contributed by atoms with Crippen LogP contribution in [-0.2, 0) is 16.8 Å². The fourth-order valence-electron chi connectivity index (χ4n) is 3.20. The number of nitrogens with zero attached hydrogens (tertiary/aromatic N) is 2. The highest BCUT2D eigenvalue weighted by molar-refractivity contribution is 6.30. The third-order valence-electron chi connectivity index (χ3n) is 4.74. The minimum Gasteiger partial charge on any atom is -0.351 e. The van der Waals surface area contributed by atoms with E-state index in [0.29, 0.717) is 11.6 Å². The van der Waals surface area contributed by atoms with E-state index in [1.54, 1.807) is 6.20 Å². The zero-order chi connectivity index (χ0) is 17.3. The number of amides is 1. The lowest BCUT2D eigenvalue weighted by Crippen LogP contribution is -2.34. The molecule has 3 aromatic rings. The van der Waals surface area contributed by atoms with Crippen molar-refractivity contribution in [2.24, 2.45) is 0 Å². The van der Waals surface area contributed by atoms with Crippen LogP contribution in [0.5, 0.6) is 0 Å². The Labute approximate surface area is 151 Å². The summed E-state index contributed by atoms with van der Waals surface area (Å²) in [5.74, 6) is 0.0602. The summed E-state index contributed by atoms with van der Waals surface area (Å²) in [5.41, 5.74) is 2.57. The van der Waals surface area contributed by atoms with Crippen molar-refractivity contribution in [2.75, 3.05) is 0 Å². The lowest BCUT2D eigenvalue weighted by atomic mass is 9.95. The van der Waals surface area contributed by atoms with Gasteiger partial charge in [-0.15, -0.1) is 0 Å². The molecule has 1 aliphatic carbocycles. The number of carbonyl (C=O) groups excluding carboxylic acids is 1. The van der Waals surface area contributed by atoms with E-state index in [2.05, 4.69) is 10.4 Å². The molecule has 0 bridgehead atoms. The molecule has 0 unspecified atom stereocenters. The lowest BCUT2D eigenvalue weighted by molar-refractivity contribution is -0.123. The predicted octanol–water partition coefficient (Wildman–Crippen LogP) is 3.87. The Morgan fingerprint density at radius 1 is 1.16 bits per heavy atom. The molecule has 4 rings (SSSR count). The molecule has 1 fully saturated rings. The van der Waals surface area contributed by atoms with Crippen molar-refractivity contribution < 1.29 is 4.79 Å². The smallest absolute Gasteiger partial charge is 0.230 e. The maximum atomic E-state index is 12.8. The highest BCUT2D eigenvalue weighted by Crippen LogP contribution is 2.48. The molecule has 5 heteroatoms. The van der Waals surface area contributed by atoms with Crippen molar-refractivity contribution in [3.05, 3.63) is 83.1 Å². The molecule has 1 saturated carbocycles. The molecule has 1 aliphatic rings. The van der Waals surface area contributed by atoms with Crippen LogP contribution in [-0.4, -0.2) is 15.7 Å². The minimum absolute atomic E-state index is 0.0602. The summed E-state index contributed by atoms with van der Waals surface area (Å²) in [6.07, 6.45) is 5.36. The number of halogens is 1. The van der Waals surface area contributed by atoms with Crippen molar-refractivity contribution in [3.8, 4) is 5.69 Å². The number of para-hydroxylation sites is 1. The first-order valence-corrected chi connectivity index (χ1v) is 8.69. The van der Waals surface area contributed by atoms with Crippen LogP contribution < -0.4 is 5.32 Å². The van der Waals surface area contributed by atoms with Gasteiger partial charge in [-0.1, -0.05) is 41.9 Å². The Morgan fingerprint density at radius 3 is 2.72 bits per heavy atom. The zero-order valence-electron chi connectivity index (χ0n) is 13.7. The Balaban J connectivity index is 1.52. The number of benzene rings is 2. The summed E-state index contributed by atoms with van der Waals surface area (Å²) in [5, 5.41) is 8.05. The van der Waals surface area contributed by atoms with Gasteiger partial charge in [0.15, 0.2) is 0 Å². The molecule has 4 nitrogen and oxygen atoms in total. The topological polar surface area (TPSA) is 46.9 Å². The van der Waals surface area contributed by atoms with Crippen molar-refractivity contribution >= 4 is 17.5 Å². The Bertz CT molecular complexity index is 901. The van der Waals surface area contributed by atoms with Gasteiger partial charge in [0.05, 0.1) is 11.1 Å². The van der Waals surface area contributed by atoms with Crippen molar-refractivity contribution in [1.82, 2.24) is 15.1 Å². The monoisotopic (exact) mass is 351 g/mol. The van der Waals surface area contributed by atoms with Gasteiger partial charge in [0.25, 0.3) is 0 Å². The van der Waals surface area contributed by atoms with Crippen LogP contribution >= 0.6 is 11.6 Å². The molecule has 1 N–H and O–H groups in total. The molecule has 0 saturated heterocycles. The minimum atomic E-state index is -0.425. The second kappa shape index (κ2) is 6.37. The molecule has 25 heavy (non-hydrogen) atoms. The zero-order valence-corrected chi connectivity index (χ0v) is 14.4. The molecule has 1 heterocycles. The van der Waals surface area contributed by atoms with Gasteiger partial charge in [-0.25, -0.2) is 4.68 Å². The van der Waals surface area contributed by atoms with Gasteiger partial charge in [0.1, 0.15) is 0 Å². The fraction of sp³-hybridized carbons (Fsp3) is 0.200. The Morgan fingerprint density at radius 2 is 2.00 bits per heavy atom. The van der Waals surface area contributed by atoms with Crippen LogP contribution in [0.2, 0.25) is 5.02 Å². The molecule has 1 aromatic heterocycles. The van der Waals surface area contributed by atoms with E-state index in [-0.39, 0.29) is 5.91 Å². The van der Waals surface area contributed by atoms with Crippen molar-refractivity contribution in [1.29, 1.82) is 0 Å². The number of hydrogen-bond acceptors (Lipinski definition) is 2. The maximum absolute atomic E-state index is 12.8. The third kappa shape index (κ3) is 3.05. The normalized spacial score (nSPS) is 14.9. The summed E-state index contributed by atoms with van der Waals surface area (Å²) < 4.78 is 1.81. The van der Waals surface area contributed by atoms with Crippen LogP contribution in [0.15, 0.2) is 67.0 Å². The number of rotatable bonds is 5. The Hall–Kier alpha value is -2.59. The van der Waals surface area contributed by atoms with Crippen molar-refractivity contribution in [3.63, 3.8) is 0 Å². The summed E-state index contributed by atoms with van der Waals surface area (Å²) in [6.45, 7) is 0.469. The number of hydrogen-bond donors (Lipinski definition) is 1. The highest BCUT2D eigenvalue weighted by Gasteiger charge is 2.51. The van der Waals surface area contributed by atoms with Gasteiger partial charge < -0.3 is 5.32 Å². The van der Waals surface area contributed by atoms with E-state index < -0.39 is 5.41 Å². The van der Waals surface area contributed by atoms with Crippen LogP contribution in [0, 0.1) is 0 Å². The maximum Gasteiger partial charge on any atom is 0.230 e.